The maximum Gasteiger partial charge on any atom is 0.248 e. The molecule has 124 valence electrons. The molecule has 6 nitrogen and oxygen atoms in total. The lowest BCUT2D eigenvalue weighted by Crippen LogP contribution is -2.36. The molecular weight excluding hydrogens is 302 g/mol. The van der Waals surface area contributed by atoms with E-state index in [1.54, 1.807) is 0 Å². The first kappa shape index (κ1) is 15.0. The van der Waals surface area contributed by atoms with Gasteiger partial charge in [0.1, 0.15) is 36.2 Å². The van der Waals surface area contributed by atoms with Crippen LogP contribution in [0.2, 0.25) is 0 Å². The van der Waals surface area contributed by atoms with Crippen molar-refractivity contribution in [3.63, 3.8) is 0 Å². The molecule has 0 N–H and O–H groups in total. The molecule has 0 saturated carbocycles. The Kier molecular flexibility index (Phi) is 3.82. The lowest BCUT2D eigenvalue weighted by molar-refractivity contribution is -0.670. The van der Waals surface area contributed by atoms with Crippen LogP contribution in [-0.4, -0.2) is 35.4 Å². The maximum absolute atomic E-state index is 5.50. The minimum atomic E-state index is 0.788. The smallest absolute Gasteiger partial charge is 0.248 e. The summed E-state index contributed by atoms with van der Waals surface area (Å²) in [6.45, 7) is 3.44. The van der Waals surface area contributed by atoms with E-state index in [0.717, 1.165) is 37.7 Å². The molecule has 24 heavy (non-hydrogen) atoms. The molecule has 1 aromatic carbocycles. The van der Waals surface area contributed by atoms with Gasteiger partial charge in [0.05, 0.1) is 27.3 Å². The fourth-order valence-electron chi connectivity index (χ4n) is 3.09. The van der Waals surface area contributed by atoms with Crippen LogP contribution in [0.4, 0.5) is 5.69 Å². The molecule has 0 bridgehead atoms. The van der Waals surface area contributed by atoms with Crippen molar-refractivity contribution in [2.45, 2.75) is 0 Å². The zero-order valence-corrected chi connectivity index (χ0v) is 14.2. The van der Waals surface area contributed by atoms with E-state index in [9.17, 15) is 0 Å². The highest BCUT2D eigenvalue weighted by molar-refractivity contribution is 5.60. The predicted molar refractivity (Wildman–Crippen MR) is 90.5 cm³/mol. The number of benzene rings is 1. The monoisotopic (exact) mass is 325 g/mol. The van der Waals surface area contributed by atoms with Crippen molar-refractivity contribution in [1.82, 2.24) is 9.13 Å². The van der Waals surface area contributed by atoms with Crippen molar-refractivity contribution in [3.05, 3.63) is 55.6 Å². The fraction of sp³-hybridized carbons (Fsp3) is 0.333. The molecule has 0 aliphatic carbocycles. The summed E-state index contributed by atoms with van der Waals surface area (Å²) in [7, 11) is 4.07. The summed E-state index contributed by atoms with van der Waals surface area (Å²) in [5, 5.41) is 0. The summed E-state index contributed by atoms with van der Waals surface area (Å²) in [6, 6.07) is 6.71. The number of nitrogens with zero attached hydrogens (tertiary/aromatic N) is 5. The normalized spacial score (nSPS) is 15.0. The van der Waals surface area contributed by atoms with E-state index in [1.807, 2.05) is 14.1 Å². The van der Waals surface area contributed by atoms with Crippen LogP contribution < -0.4 is 14.0 Å². The Morgan fingerprint density at radius 2 is 1.29 bits per heavy atom. The minimum absolute atomic E-state index is 0.788. The van der Waals surface area contributed by atoms with Gasteiger partial charge in [-0.2, -0.15) is 0 Å². The average Bonchev–Trinajstić information content (AvgIpc) is 3.24. The van der Waals surface area contributed by atoms with Crippen molar-refractivity contribution in [3.8, 4) is 11.4 Å². The lowest BCUT2D eigenvalue weighted by Gasteiger charge is -2.29. The standard InChI is InChI=1S/C18H23N5O/c1-19-3-5-22(14-19)17-11-16(21-7-9-24-10-8-21)12-18(13-17)23-6-4-20(2)15-23/h3-6,11-15H,7-10H2,1-2H3/q+2. The van der Waals surface area contributed by atoms with E-state index in [1.165, 1.54) is 5.69 Å². The number of imidazole rings is 2. The summed E-state index contributed by atoms with van der Waals surface area (Å²) in [6.07, 6.45) is 12.4. The van der Waals surface area contributed by atoms with Gasteiger partial charge in [-0.3, -0.25) is 0 Å². The topological polar surface area (TPSA) is 30.1 Å². The lowest BCUT2D eigenvalue weighted by atomic mass is 10.2. The first-order valence-corrected chi connectivity index (χ1v) is 8.24. The third kappa shape index (κ3) is 2.92. The first-order valence-electron chi connectivity index (χ1n) is 8.24. The Morgan fingerprint density at radius 3 is 1.75 bits per heavy atom. The molecule has 0 atom stereocenters. The summed E-state index contributed by atoms with van der Waals surface area (Å²) >= 11 is 0. The van der Waals surface area contributed by atoms with Gasteiger partial charge in [0.2, 0.25) is 12.7 Å². The van der Waals surface area contributed by atoms with E-state index in [4.69, 9.17) is 4.74 Å². The quantitative estimate of drug-likeness (QED) is 0.666. The molecule has 1 saturated heterocycles. The van der Waals surface area contributed by atoms with Crippen LogP contribution in [0.15, 0.2) is 55.6 Å². The van der Waals surface area contributed by atoms with Crippen LogP contribution >= 0.6 is 0 Å². The van der Waals surface area contributed by atoms with Gasteiger partial charge in [0.25, 0.3) is 0 Å². The number of aryl methyl sites for hydroxylation is 2. The Labute approximate surface area is 141 Å². The Hall–Kier alpha value is -2.60. The molecule has 3 heterocycles. The summed E-state index contributed by atoms with van der Waals surface area (Å²) in [4.78, 5) is 2.39. The van der Waals surface area contributed by atoms with Crippen molar-refractivity contribution >= 4 is 5.69 Å². The summed E-state index contributed by atoms with van der Waals surface area (Å²) in [5.74, 6) is 0. The third-order valence-corrected chi connectivity index (χ3v) is 4.40. The van der Waals surface area contributed by atoms with E-state index < -0.39 is 0 Å². The van der Waals surface area contributed by atoms with E-state index in [-0.39, 0.29) is 0 Å². The third-order valence-electron chi connectivity index (χ3n) is 4.40. The van der Waals surface area contributed by atoms with Crippen LogP contribution in [0.25, 0.3) is 11.4 Å². The zero-order chi connectivity index (χ0) is 16.5. The number of hydrogen-bond acceptors (Lipinski definition) is 2. The maximum atomic E-state index is 5.50. The Bertz CT molecular complexity index is 786. The molecule has 0 amide bonds. The SMILES string of the molecule is C[n+]1ccn(-c2cc(N3CCOCC3)cc(-n3cc[n+](C)c3)c2)c1. The second-order valence-corrected chi connectivity index (χ2v) is 6.28. The number of hydrogen-bond donors (Lipinski definition) is 0. The summed E-state index contributed by atoms with van der Waals surface area (Å²) < 4.78 is 13.9. The number of morpholine rings is 1. The van der Waals surface area contributed by atoms with Gasteiger partial charge in [-0.25, -0.2) is 18.3 Å². The second-order valence-electron chi connectivity index (χ2n) is 6.28. The van der Waals surface area contributed by atoms with Gasteiger partial charge in [-0.05, 0) is 0 Å². The minimum Gasteiger partial charge on any atom is -0.378 e. The molecule has 2 aromatic heterocycles. The number of rotatable bonds is 3. The van der Waals surface area contributed by atoms with E-state index in [2.05, 4.69) is 78.8 Å². The van der Waals surface area contributed by atoms with E-state index >= 15 is 0 Å². The van der Waals surface area contributed by atoms with Gasteiger partial charge in [0, 0.05) is 37.0 Å². The van der Waals surface area contributed by atoms with Gasteiger partial charge in [-0.15, -0.1) is 0 Å². The zero-order valence-electron chi connectivity index (χ0n) is 14.2. The van der Waals surface area contributed by atoms with Crippen LogP contribution in [0, 0.1) is 0 Å². The molecule has 1 aliphatic rings. The molecule has 0 spiro atoms. The fourth-order valence-corrected chi connectivity index (χ4v) is 3.09. The highest BCUT2D eigenvalue weighted by atomic mass is 16.5. The molecule has 1 aliphatic heterocycles. The second kappa shape index (κ2) is 6.13. The largest absolute Gasteiger partial charge is 0.378 e. The van der Waals surface area contributed by atoms with Crippen LogP contribution in [-0.2, 0) is 18.8 Å². The van der Waals surface area contributed by atoms with E-state index in [0.29, 0.717) is 0 Å². The number of aromatic nitrogens is 4. The van der Waals surface area contributed by atoms with Crippen LogP contribution in [0.3, 0.4) is 0 Å². The van der Waals surface area contributed by atoms with Gasteiger partial charge in [-0.1, -0.05) is 0 Å². The van der Waals surface area contributed by atoms with Crippen LogP contribution in [0.5, 0.6) is 0 Å². The molecule has 1 fully saturated rings. The van der Waals surface area contributed by atoms with Gasteiger partial charge < -0.3 is 9.64 Å². The van der Waals surface area contributed by atoms with Crippen molar-refractivity contribution in [1.29, 1.82) is 0 Å². The van der Waals surface area contributed by atoms with Crippen LogP contribution in [0.1, 0.15) is 0 Å². The molecule has 0 radical (unpaired) electrons. The molecule has 6 heteroatoms. The Balaban J connectivity index is 1.80. The molecular formula is C18H23N5O+2. The first-order chi connectivity index (χ1) is 11.7. The number of ether oxygens (including phenoxy) is 1. The predicted octanol–water partition coefficient (Wildman–Crippen LogP) is 0.754. The molecule has 3 aromatic rings. The molecule has 0 unspecified atom stereocenters. The highest BCUT2D eigenvalue weighted by Crippen LogP contribution is 2.24. The average molecular weight is 325 g/mol. The molecule has 4 rings (SSSR count). The number of anilines is 1. The van der Waals surface area contributed by atoms with Crippen molar-refractivity contribution < 1.29 is 13.9 Å². The van der Waals surface area contributed by atoms with Crippen molar-refractivity contribution in [2.75, 3.05) is 31.2 Å². The summed E-state index contributed by atoms with van der Waals surface area (Å²) in [5.41, 5.74) is 3.55. The van der Waals surface area contributed by atoms with Gasteiger partial charge >= 0.3 is 0 Å². The van der Waals surface area contributed by atoms with Gasteiger partial charge in [0.15, 0.2) is 0 Å². The highest BCUT2D eigenvalue weighted by Gasteiger charge is 2.17. The Morgan fingerprint density at radius 1 is 0.792 bits per heavy atom. The van der Waals surface area contributed by atoms with Crippen molar-refractivity contribution in [2.24, 2.45) is 14.1 Å².